The molecule has 1 aliphatic rings. The van der Waals surface area contributed by atoms with Crippen molar-refractivity contribution in [3.05, 3.63) is 28.5 Å². The lowest BCUT2D eigenvalue weighted by molar-refractivity contribution is -0.137. The van der Waals surface area contributed by atoms with E-state index >= 15 is 0 Å². The van der Waals surface area contributed by atoms with Crippen LogP contribution in [0.25, 0.3) is 10.4 Å². The van der Waals surface area contributed by atoms with Crippen molar-refractivity contribution in [2.75, 3.05) is 18.4 Å². The second-order valence-corrected chi connectivity index (χ2v) is 10.8. The fourth-order valence-electron chi connectivity index (χ4n) is 3.83. The van der Waals surface area contributed by atoms with Gasteiger partial charge in [0.15, 0.2) is 5.01 Å². The number of carbonyl (C=O) groups is 2. The van der Waals surface area contributed by atoms with Gasteiger partial charge in [0.25, 0.3) is 11.8 Å². The van der Waals surface area contributed by atoms with Crippen molar-refractivity contribution in [3.63, 3.8) is 0 Å². The number of anilines is 1. The van der Waals surface area contributed by atoms with Crippen LogP contribution in [0.5, 0.6) is 0 Å². The number of nitrogens with zero attached hydrogens (tertiary/aromatic N) is 3. The number of rotatable bonds is 6. The quantitative estimate of drug-likeness (QED) is 0.447. The van der Waals surface area contributed by atoms with E-state index in [0.717, 1.165) is 12.3 Å². The summed E-state index contributed by atoms with van der Waals surface area (Å²) >= 11 is 0.504. The highest BCUT2D eigenvalue weighted by molar-refractivity contribution is 7.17. The van der Waals surface area contributed by atoms with Gasteiger partial charge >= 0.3 is 12.4 Å². The molecule has 1 unspecified atom stereocenters. The fraction of sp³-hybridized carbons (Fsp3) is 0.565. The molecule has 7 nitrogen and oxygen atoms in total. The summed E-state index contributed by atoms with van der Waals surface area (Å²) in [6.07, 6.45) is -8.30. The molecule has 2 amide bonds. The molecule has 0 aliphatic carbocycles. The maximum Gasteiger partial charge on any atom is 0.417 e. The summed E-state index contributed by atoms with van der Waals surface area (Å²) in [4.78, 5) is 35.2. The van der Waals surface area contributed by atoms with Gasteiger partial charge in [0, 0.05) is 36.4 Å². The minimum Gasteiger partial charge on any atom is -0.365 e. The summed E-state index contributed by atoms with van der Waals surface area (Å²) in [5.41, 5.74) is -2.50. The average molecular weight is 552 g/mol. The summed E-state index contributed by atoms with van der Waals surface area (Å²) in [7, 11) is 0. The number of carbonyl (C=O) groups excluding carboxylic acids is 2. The van der Waals surface area contributed by atoms with Crippen LogP contribution in [0.1, 0.15) is 72.8 Å². The van der Waals surface area contributed by atoms with Crippen LogP contribution in [0.3, 0.4) is 0 Å². The number of hydrogen-bond acceptors (Lipinski definition) is 6. The van der Waals surface area contributed by atoms with E-state index in [1.807, 2.05) is 0 Å². The summed E-state index contributed by atoms with van der Waals surface area (Å²) in [6, 6.07) is 0.625. The second kappa shape index (κ2) is 10.5. The van der Waals surface area contributed by atoms with Crippen LogP contribution in [0, 0.1) is 0 Å². The molecule has 0 radical (unpaired) electrons. The number of halogens is 6. The number of likely N-dealkylation sites (tertiary alicyclic amines) is 1. The van der Waals surface area contributed by atoms with Crippen LogP contribution in [0.2, 0.25) is 0 Å². The van der Waals surface area contributed by atoms with E-state index < -0.39 is 58.8 Å². The molecule has 0 aromatic carbocycles. The molecule has 0 saturated carbocycles. The van der Waals surface area contributed by atoms with Crippen molar-refractivity contribution >= 4 is 29.0 Å². The minimum atomic E-state index is -4.84. The molecule has 0 spiro atoms. The monoisotopic (exact) mass is 551 g/mol. The van der Waals surface area contributed by atoms with Crippen LogP contribution in [-0.2, 0) is 6.18 Å². The Morgan fingerprint density at radius 1 is 1.16 bits per heavy atom. The molecule has 0 bridgehead atoms. The zero-order chi connectivity index (χ0) is 27.8. The van der Waals surface area contributed by atoms with Crippen LogP contribution in [0.15, 0.2) is 12.3 Å². The normalized spacial score (nSPS) is 16.7. The largest absolute Gasteiger partial charge is 0.417 e. The van der Waals surface area contributed by atoms with E-state index in [2.05, 4.69) is 20.6 Å². The number of nitrogens with one attached hydrogen (secondary N) is 2. The molecule has 14 heteroatoms. The van der Waals surface area contributed by atoms with Gasteiger partial charge in [-0.05, 0) is 46.6 Å². The molecule has 2 N–H and O–H groups in total. The number of pyridine rings is 1. The predicted molar refractivity (Wildman–Crippen MR) is 126 cm³/mol. The Balaban J connectivity index is 2.09. The molecule has 2 aromatic heterocycles. The van der Waals surface area contributed by atoms with Gasteiger partial charge in [-0.3, -0.25) is 9.59 Å². The molecule has 3 rings (SSSR count). The van der Waals surface area contributed by atoms with E-state index in [0.29, 0.717) is 30.7 Å². The Morgan fingerprint density at radius 2 is 1.84 bits per heavy atom. The van der Waals surface area contributed by atoms with E-state index in [4.69, 9.17) is 0 Å². The van der Waals surface area contributed by atoms with Crippen molar-refractivity contribution in [2.45, 2.75) is 70.9 Å². The lowest BCUT2D eigenvalue weighted by Crippen LogP contribution is -2.34. The first-order valence-electron chi connectivity index (χ1n) is 11.5. The number of thiazole rings is 1. The molecule has 37 heavy (non-hydrogen) atoms. The standard InChI is InChI=1S/C23H27F6N5O2S/c1-12-6-5-9-34(12)20(36)16-17(37-19(32-16)18(35)30-8-7-22(24,25)26)13-11-31-15(33-21(2,3)4)10-14(13)23(27,28)29/h10-12H,5-9H2,1-4H3,(H,30,35)(H,31,33). The summed E-state index contributed by atoms with van der Waals surface area (Å²) in [5.74, 6) is -1.72. The summed E-state index contributed by atoms with van der Waals surface area (Å²) < 4.78 is 79.8. The molecule has 2 aromatic rings. The van der Waals surface area contributed by atoms with Gasteiger partial charge < -0.3 is 15.5 Å². The first-order valence-corrected chi connectivity index (χ1v) is 12.3. The van der Waals surface area contributed by atoms with Gasteiger partial charge in [0.1, 0.15) is 11.5 Å². The SMILES string of the molecule is CC1CCCN1C(=O)c1nc(C(=O)NCCC(F)(F)F)sc1-c1cnc(NC(C)(C)C)cc1C(F)(F)F. The van der Waals surface area contributed by atoms with Gasteiger partial charge in [-0.25, -0.2) is 9.97 Å². The van der Waals surface area contributed by atoms with Gasteiger partial charge in [0.2, 0.25) is 0 Å². The third kappa shape index (κ3) is 7.33. The van der Waals surface area contributed by atoms with Crippen LogP contribution in [0.4, 0.5) is 32.2 Å². The highest BCUT2D eigenvalue weighted by atomic mass is 32.1. The Bertz CT molecular complexity index is 1160. The lowest BCUT2D eigenvalue weighted by atomic mass is 10.1. The van der Waals surface area contributed by atoms with Gasteiger partial charge in [-0.2, -0.15) is 26.3 Å². The Morgan fingerprint density at radius 3 is 2.38 bits per heavy atom. The predicted octanol–water partition coefficient (Wildman–Crippen LogP) is 5.74. The third-order valence-corrected chi connectivity index (χ3v) is 6.58. The zero-order valence-corrected chi connectivity index (χ0v) is 21.4. The minimum absolute atomic E-state index is 0.0424. The van der Waals surface area contributed by atoms with Crippen molar-refractivity contribution in [3.8, 4) is 10.4 Å². The average Bonchev–Trinajstić information content (AvgIpc) is 3.37. The number of amides is 2. The van der Waals surface area contributed by atoms with Gasteiger partial charge in [-0.1, -0.05) is 0 Å². The second-order valence-electron chi connectivity index (χ2n) is 9.80. The Labute approximate surface area is 213 Å². The molecule has 1 fully saturated rings. The van der Waals surface area contributed by atoms with Crippen molar-refractivity contribution in [1.29, 1.82) is 0 Å². The van der Waals surface area contributed by atoms with Crippen molar-refractivity contribution in [2.24, 2.45) is 0 Å². The number of alkyl halides is 6. The maximum absolute atomic E-state index is 14.1. The first kappa shape index (κ1) is 28.7. The van der Waals surface area contributed by atoms with Gasteiger partial charge in [0.05, 0.1) is 16.9 Å². The molecule has 1 aliphatic heterocycles. The number of aromatic nitrogens is 2. The lowest BCUT2D eigenvalue weighted by Gasteiger charge is -2.23. The Kier molecular flexibility index (Phi) is 8.11. The Hall–Kier alpha value is -2.90. The van der Waals surface area contributed by atoms with Crippen LogP contribution < -0.4 is 10.6 Å². The molecule has 1 saturated heterocycles. The van der Waals surface area contributed by atoms with Crippen molar-refractivity contribution < 1.29 is 35.9 Å². The molecule has 1 atom stereocenters. The maximum atomic E-state index is 14.1. The first-order chi connectivity index (χ1) is 17.0. The van der Waals surface area contributed by atoms with E-state index in [1.165, 1.54) is 4.90 Å². The highest BCUT2D eigenvalue weighted by Gasteiger charge is 2.38. The molecule has 3 heterocycles. The zero-order valence-electron chi connectivity index (χ0n) is 20.6. The highest BCUT2D eigenvalue weighted by Crippen LogP contribution is 2.42. The number of hydrogen-bond donors (Lipinski definition) is 2. The topological polar surface area (TPSA) is 87.2 Å². The van der Waals surface area contributed by atoms with E-state index in [-0.39, 0.29) is 22.4 Å². The third-order valence-electron chi connectivity index (χ3n) is 5.49. The van der Waals surface area contributed by atoms with Crippen LogP contribution >= 0.6 is 11.3 Å². The van der Waals surface area contributed by atoms with Gasteiger partial charge in [-0.15, -0.1) is 11.3 Å². The smallest absolute Gasteiger partial charge is 0.365 e. The van der Waals surface area contributed by atoms with Crippen molar-refractivity contribution in [1.82, 2.24) is 20.2 Å². The molecular formula is C23H27F6N5O2S. The van der Waals surface area contributed by atoms with E-state index in [1.54, 1.807) is 27.7 Å². The fourth-order valence-corrected chi connectivity index (χ4v) is 4.83. The van der Waals surface area contributed by atoms with E-state index in [9.17, 15) is 35.9 Å². The molecular weight excluding hydrogens is 524 g/mol. The molecule has 204 valence electrons. The van der Waals surface area contributed by atoms with Crippen LogP contribution in [-0.4, -0.2) is 57.5 Å². The summed E-state index contributed by atoms with van der Waals surface area (Å²) in [6.45, 7) is 6.65. The summed E-state index contributed by atoms with van der Waals surface area (Å²) in [5, 5.41) is 4.51.